The van der Waals surface area contributed by atoms with Gasteiger partial charge in [0.05, 0.1) is 0 Å². The topological polar surface area (TPSA) is 31.4 Å². The maximum Gasteiger partial charge on any atom is 0.495 e. The number of halogens is 1. The first-order valence-corrected chi connectivity index (χ1v) is 3.82. The highest BCUT2D eigenvalue weighted by molar-refractivity contribution is 6.61. The van der Waals surface area contributed by atoms with Crippen LogP contribution < -0.4 is 5.46 Å². The predicted molar refractivity (Wildman–Crippen MR) is 48.7 cm³/mol. The Labute approximate surface area is 76.8 Å². The maximum atomic E-state index is 5.61. The van der Waals surface area contributed by atoms with Crippen LogP contribution >= 0.6 is 11.6 Å². The van der Waals surface area contributed by atoms with Crippen LogP contribution in [-0.2, 0) is 9.31 Å². The average molecular weight is 185 g/mol. The van der Waals surface area contributed by atoms with Crippen molar-refractivity contribution in [2.45, 2.75) is 0 Å². The van der Waals surface area contributed by atoms with Gasteiger partial charge in [-0.05, 0) is 6.07 Å². The Morgan fingerprint density at radius 2 is 2.00 bits per heavy atom. The van der Waals surface area contributed by atoms with Crippen molar-refractivity contribution in [1.82, 2.24) is 4.98 Å². The average Bonchev–Trinajstić information content (AvgIpc) is 2.10. The molecule has 0 N–H and O–H groups in total. The molecule has 0 fully saturated rings. The van der Waals surface area contributed by atoms with Crippen LogP contribution in [0.4, 0.5) is 0 Å². The van der Waals surface area contributed by atoms with Gasteiger partial charge in [0.1, 0.15) is 5.15 Å². The Morgan fingerprint density at radius 3 is 2.42 bits per heavy atom. The highest BCUT2D eigenvalue weighted by atomic mass is 35.5. The molecule has 0 saturated carbocycles. The molecule has 0 aliphatic carbocycles. The van der Waals surface area contributed by atoms with Crippen molar-refractivity contribution in [3.05, 3.63) is 23.5 Å². The lowest BCUT2D eigenvalue weighted by molar-refractivity contribution is 0.292. The van der Waals surface area contributed by atoms with Crippen molar-refractivity contribution in [3.8, 4) is 0 Å². The van der Waals surface area contributed by atoms with E-state index < -0.39 is 0 Å². The van der Waals surface area contributed by atoms with Crippen LogP contribution in [0.1, 0.15) is 0 Å². The van der Waals surface area contributed by atoms with Crippen molar-refractivity contribution >= 4 is 24.2 Å². The number of rotatable bonds is 3. The highest BCUT2D eigenvalue weighted by Gasteiger charge is 2.17. The van der Waals surface area contributed by atoms with E-state index in [9.17, 15) is 0 Å². The van der Waals surface area contributed by atoms with Gasteiger partial charge in [0.2, 0.25) is 0 Å². The normalized spacial score (nSPS) is 9.92. The van der Waals surface area contributed by atoms with Gasteiger partial charge < -0.3 is 9.31 Å². The largest absolute Gasteiger partial charge is 0.495 e. The molecular formula is C7H9BClNO2. The summed E-state index contributed by atoms with van der Waals surface area (Å²) in [6.07, 6.45) is 1.62. The second kappa shape index (κ2) is 4.45. The molecule has 1 heterocycles. The van der Waals surface area contributed by atoms with Gasteiger partial charge in [-0.15, -0.1) is 0 Å². The standard InChI is InChI=1S/C7H9BClNO2/c1-11-8(12-2)6-3-4-7(9)10-5-6/h3-5H,1-2H3. The first-order valence-electron chi connectivity index (χ1n) is 3.45. The number of hydrogen-bond donors (Lipinski definition) is 0. The molecule has 0 bridgehead atoms. The predicted octanol–water partition coefficient (Wildman–Crippen LogP) is 0.723. The number of hydrogen-bond acceptors (Lipinski definition) is 3. The maximum absolute atomic E-state index is 5.61. The zero-order valence-corrected chi connectivity index (χ0v) is 7.71. The van der Waals surface area contributed by atoms with Gasteiger partial charge in [-0.3, -0.25) is 0 Å². The molecule has 12 heavy (non-hydrogen) atoms. The summed E-state index contributed by atoms with van der Waals surface area (Å²) >= 11 is 5.61. The third kappa shape index (κ3) is 2.20. The highest BCUT2D eigenvalue weighted by Crippen LogP contribution is 1.99. The van der Waals surface area contributed by atoms with Crippen LogP contribution in [0.25, 0.3) is 0 Å². The molecule has 0 unspecified atom stereocenters. The van der Waals surface area contributed by atoms with Gasteiger partial charge in [-0.2, -0.15) is 0 Å². The van der Waals surface area contributed by atoms with E-state index in [0.717, 1.165) is 5.46 Å². The van der Waals surface area contributed by atoms with Gasteiger partial charge in [0, 0.05) is 25.9 Å². The molecule has 0 amide bonds. The third-order valence-electron chi connectivity index (χ3n) is 1.45. The molecule has 0 aromatic carbocycles. The summed E-state index contributed by atoms with van der Waals surface area (Å²) in [5, 5.41) is 0.463. The van der Waals surface area contributed by atoms with E-state index in [1.807, 2.05) is 6.07 Å². The Hall–Kier alpha value is -0.575. The van der Waals surface area contributed by atoms with Crippen molar-refractivity contribution in [2.24, 2.45) is 0 Å². The number of pyridine rings is 1. The number of nitrogens with zero attached hydrogens (tertiary/aromatic N) is 1. The summed E-state index contributed by atoms with van der Waals surface area (Å²) in [4.78, 5) is 3.90. The number of aromatic nitrogens is 1. The molecule has 0 aliphatic heterocycles. The quantitative estimate of drug-likeness (QED) is 0.514. The fourth-order valence-electron chi connectivity index (χ4n) is 0.895. The smallest absolute Gasteiger partial charge is 0.410 e. The fraction of sp³-hybridized carbons (Fsp3) is 0.286. The minimum absolute atomic E-state index is 0.366. The van der Waals surface area contributed by atoms with E-state index in [-0.39, 0.29) is 7.12 Å². The summed E-state index contributed by atoms with van der Waals surface area (Å²) in [6, 6.07) is 3.51. The second-order valence-electron chi connectivity index (χ2n) is 2.22. The van der Waals surface area contributed by atoms with Crippen LogP contribution in [0.3, 0.4) is 0 Å². The van der Waals surface area contributed by atoms with Crippen LogP contribution in [-0.4, -0.2) is 26.3 Å². The lowest BCUT2D eigenvalue weighted by atomic mass is 9.80. The van der Waals surface area contributed by atoms with Gasteiger partial charge in [-0.1, -0.05) is 17.7 Å². The third-order valence-corrected chi connectivity index (χ3v) is 1.67. The van der Waals surface area contributed by atoms with Gasteiger partial charge in [0.25, 0.3) is 0 Å². The molecule has 0 atom stereocenters. The summed E-state index contributed by atoms with van der Waals surface area (Å²) in [5.74, 6) is 0. The lowest BCUT2D eigenvalue weighted by Gasteiger charge is -2.07. The molecule has 0 radical (unpaired) electrons. The molecule has 1 aromatic heterocycles. The molecule has 0 spiro atoms. The molecule has 1 rings (SSSR count). The molecule has 1 aromatic rings. The van der Waals surface area contributed by atoms with Crippen molar-refractivity contribution < 1.29 is 9.31 Å². The van der Waals surface area contributed by atoms with Crippen LogP contribution in [0.2, 0.25) is 5.15 Å². The molecule has 0 aliphatic rings. The minimum Gasteiger partial charge on any atom is -0.410 e. The lowest BCUT2D eigenvalue weighted by Crippen LogP contribution is -2.34. The first kappa shape index (κ1) is 9.51. The van der Waals surface area contributed by atoms with E-state index in [4.69, 9.17) is 20.9 Å². The minimum atomic E-state index is -0.366. The SMILES string of the molecule is COB(OC)c1ccc(Cl)nc1. The Bertz CT molecular complexity index is 238. The first-order chi connectivity index (χ1) is 5.77. The van der Waals surface area contributed by atoms with Crippen molar-refractivity contribution in [2.75, 3.05) is 14.2 Å². The molecule has 3 nitrogen and oxygen atoms in total. The molecular weight excluding hydrogens is 176 g/mol. The van der Waals surface area contributed by atoms with E-state index >= 15 is 0 Å². The zero-order chi connectivity index (χ0) is 8.97. The summed E-state index contributed by atoms with van der Waals surface area (Å²) in [6.45, 7) is 0. The monoisotopic (exact) mass is 185 g/mol. The molecule has 0 saturated heterocycles. The van der Waals surface area contributed by atoms with Crippen LogP contribution in [0.15, 0.2) is 18.3 Å². The summed E-state index contributed by atoms with van der Waals surface area (Å²) < 4.78 is 10.0. The van der Waals surface area contributed by atoms with E-state index in [2.05, 4.69) is 4.98 Å². The Morgan fingerprint density at radius 1 is 1.33 bits per heavy atom. The van der Waals surface area contributed by atoms with Crippen LogP contribution in [0.5, 0.6) is 0 Å². The molecule has 5 heteroatoms. The van der Waals surface area contributed by atoms with Gasteiger partial charge in [0.15, 0.2) is 0 Å². The van der Waals surface area contributed by atoms with E-state index in [1.54, 1.807) is 26.5 Å². The van der Waals surface area contributed by atoms with Gasteiger partial charge >= 0.3 is 7.12 Å². The van der Waals surface area contributed by atoms with Crippen LogP contribution in [0, 0.1) is 0 Å². The van der Waals surface area contributed by atoms with Gasteiger partial charge in [-0.25, -0.2) is 4.98 Å². The Balaban J connectivity index is 2.80. The zero-order valence-electron chi connectivity index (χ0n) is 6.95. The molecule has 64 valence electrons. The second-order valence-corrected chi connectivity index (χ2v) is 2.60. The Kier molecular flexibility index (Phi) is 3.53. The summed E-state index contributed by atoms with van der Waals surface area (Å²) in [7, 11) is 2.78. The van der Waals surface area contributed by atoms with Crippen molar-refractivity contribution in [3.63, 3.8) is 0 Å². The van der Waals surface area contributed by atoms with E-state index in [0.29, 0.717) is 5.15 Å². The summed E-state index contributed by atoms with van der Waals surface area (Å²) in [5.41, 5.74) is 0.851. The van der Waals surface area contributed by atoms with E-state index in [1.165, 1.54) is 0 Å². The fourth-order valence-corrected chi connectivity index (χ4v) is 1.01. The van der Waals surface area contributed by atoms with Crippen molar-refractivity contribution in [1.29, 1.82) is 0 Å².